The van der Waals surface area contributed by atoms with Crippen LogP contribution in [-0.2, 0) is 14.3 Å². The first-order chi connectivity index (χ1) is 9.97. The summed E-state index contributed by atoms with van der Waals surface area (Å²) in [7, 11) is 1.25. The lowest BCUT2D eigenvalue weighted by Gasteiger charge is -2.10. The molecular weight excluding hydrogens is 292 g/mol. The monoisotopic (exact) mass is 310 g/mol. The van der Waals surface area contributed by atoms with Gasteiger partial charge >= 0.3 is 5.97 Å². The molecule has 7 heteroatoms. The van der Waals surface area contributed by atoms with E-state index in [0.717, 1.165) is 0 Å². The highest BCUT2D eigenvalue weighted by Gasteiger charge is 2.13. The quantitative estimate of drug-likeness (QED) is 0.773. The number of rotatable bonds is 6. The Balaban J connectivity index is 2.69. The van der Waals surface area contributed by atoms with Gasteiger partial charge in [-0.15, -0.1) is 0 Å². The van der Waals surface area contributed by atoms with Crippen LogP contribution in [0.15, 0.2) is 24.3 Å². The normalized spacial score (nSPS) is 11.4. The maximum Gasteiger partial charge on any atom is 0.325 e. The van der Waals surface area contributed by atoms with E-state index >= 15 is 0 Å². The van der Waals surface area contributed by atoms with E-state index in [1.807, 2.05) is 6.26 Å². The van der Waals surface area contributed by atoms with Crippen LogP contribution in [0, 0.1) is 0 Å². The van der Waals surface area contributed by atoms with Gasteiger partial charge in [0.05, 0.1) is 12.4 Å². The minimum Gasteiger partial charge on any atom is -0.468 e. The number of hydrogen-bond acceptors (Lipinski definition) is 5. The van der Waals surface area contributed by atoms with Crippen LogP contribution >= 0.6 is 11.8 Å². The molecule has 0 aliphatic heterocycles. The smallest absolute Gasteiger partial charge is 0.325 e. The number of methoxy groups -OCH3 is 1. The van der Waals surface area contributed by atoms with Gasteiger partial charge in [0.15, 0.2) is 0 Å². The van der Waals surface area contributed by atoms with E-state index < -0.39 is 11.9 Å². The molecule has 0 heterocycles. The molecule has 114 valence electrons. The molecular formula is C14H18N2O4S. The van der Waals surface area contributed by atoms with Crippen molar-refractivity contribution in [3.05, 3.63) is 29.8 Å². The van der Waals surface area contributed by atoms with Crippen molar-refractivity contribution in [2.24, 2.45) is 0 Å². The van der Waals surface area contributed by atoms with Crippen LogP contribution < -0.4 is 10.6 Å². The van der Waals surface area contributed by atoms with Gasteiger partial charge in [-0.1, -0.05) is 6.07 Å². The first-order valence-corrected chi connectivity index (χ1v) is 7.55. The number of hydrogen-bond donors (Lipinski definition) is 2. The number of benzene rings is 1. The van der Waals surface area contributed by atoms with Crippen LogP contribution in [0.3, 0.4) is 0 Å². The number of esters is 1. The van der Waals surface area contributed by atoms with Crippen molar-refractivity contribution in [3.63, 3.8) is 0 Å². The van der Waals surface area contributed by atoms with Gasteiger partial charge in [0.1, 0.15) is 6.54 Å². The first-order valence-electron chi connectivity index (χ1n) is 6.26. The predicted molar refractivity (Wildman–Crippen MR) is 82.4 cm³/mol. The van der Waals surface area contributed by atoms with E-state index in [1.54, 1.807) is 31.2 Å². The Bertz CT molecular complexity index is 533. The van der Waals surface area contributed by atoms with Gasteiger partial charge in [-0.2, -0.15) is 11.8 Å². The molecule has 0 fully saturated rings. The van der Waals surface area contributed by atoms with Crippen molar-refractivity contribution in [2.45, 2.75) is 12.2 Å². The summed E-state index contributed by atoms with van der Waals surface area (Å²) in [6, 6.07) is 6.51. The molecule has 2 amide bonds. The first kappa shape index (κ1) is 17.0. The molecule has 0 aliphatic carbocycles. The van der Waals surface area contributed by atoms with E-state index in [2.05, 4.69) is 15.4 Å². The largest absolute Gasteiger partial charge is 0.468 e. The Hall–Kier alpha value is -2.02. The molecule has 0 saturated carbocycles. The summed E-state index contributed by atoms with van der Waals surface area (Å²) in [5, 5.41) is 4.99. The zero-order chi connectivity index (χ0) is 15.8. The van der Waals surface area contributed by atoms with Crippen LogP contribution in [-0.4, -0.2) is 42.9 Å². The molecule has 0 saturated heterocycles. The molecule has 1 rings (SSSR count). The summed E-state index contributed by atoms with van der Waals surface area (Å²) in [5.41, 5.74) is 0.889. The third kappa shape index (κ3) is 5.47. The fraction of sp³-hybridized carbons (Fsp3) is 0.357. The topological polar surface area (TPSA) is 84.5 Å². The van der Waals surface area contributed by atoms with Crippen molar-refractivity contribution in [3.8, 4) is 0 Å². The Labute approximate surface area is 127 Å². The molecule has 1 aromatic carbocycles. The number of anilines is 1. The van der Waals surface area contributed by atoms with Crippen LogP contribution in [0.1, 0.15) is 17.3 Å². The van der Waals surface area contributed by atoms with Gasteiger partial charge in [0.2, 0.25) is 5.91 Å². The SMILES string of the molecule is COC(=O)CNC(=O)c1cccc(NC(=O)[C@H](C)SC)c1. The lowest BCUT2D eigenvalue weighted by Crippen LogP contribution is -2.30. The molecule has 0 radical (unpaired) electrons. The van der Waals surface area contributed by atoms with E-state index in [4.69, 9.17) is 0 Å². The maximum absolute atomic E-state index is 11.9. The molecule has 1 aromatic rings. The van der Waals surface area contributed by atoms with Crippen molar-refractivity contribution in [1.82, 2.24) is 5.32 Å². The maximum atomic E-state index is 11.9. The number of amides is 2. The van der Waals surface area contributed by atoms with E-state index in [1.165, 1.54) is 18.9 Å². The Morgan fingerprint density at radius 2 is 2.05 bits per heavy atom. The van der Waals surface area contributed by atoms with Crippen molar-refractivity contribution in [1.29, 1.82) is 0 Å². The molecule has 0 spiro atoms. The van der Waals surface area contributed by atoms with Crippen molar-refractivity contribution in [2.75, 3.05) is 25.2 Å². The summed E-state index contributed by atoms with van der Waals surface area (Å²) in [6.45, 7) is 1.60. The standard InChI is InChI=1S/C14H18N2O4S/c1-9(21-3)13(18)16-11-6-4-5-10(7-11)14(19)15-8-12(17)20-2/h4-7,9H,8H2,1-3H3,(H,15,19)(H,16,18)/t9-/m0/s1. The Morgan fingerprint density at radius 3 is 2.67 bits per heavy atom. The zero-order valence-electron chi connectivity index (χ0n) is 12.1. The van der Waals surface area contributed by atoms with Gasteiger partial charge in [0.25, 0.3) is 5.91 Å². The second-order valence-corrected chi connectivity index (χ2v) is 5.39. The molecule has 2 N–H and O–H groups in total. The average molecular weight is 310 g/mol. The molecule has 0 unspecified atom stereocenters. The molecule has 0 aliphatic rings. The Kier molecular flexibility index (Phi) is 6.74. The number of thioether (sulfide) groups is 1. The molecule has 0 bridgehead atoms. The lowest BCUT2D eigenvalue weighted by atomic mass is 10.2. The molecule has 0 aromatic heterocycles. The number of ether oxygens (including phenoxy) is 1. The van der Waals surface area contributed by atoms with E-state index in [0.29, 0.717) is 11.3 Å². The highest BCUT2D eigenvalue weighted by Crippen LogP contribution is 2.13. The van der Waals surface area contributed by atoms with Crippen molar-refractivity contribution < 1.29 is 19.1 Å². The third-order valence-corrected chi connectivity index (χ3v) is 3.66. The summed E-state index contributed by atoms with van der Waals surface area (Å²) in [6.07, 6.45) is 1.85. The van der Waals surface area contributed by atoms with Gasteiger partial charge in [0, 0.05) is 11.3 Å². The van der Waals surface area contributed by atoms with E-state index in [9.17, 15) is 14.4 Å². The van der Waals surface area contributed by atoms with Gasteiger partial charge in [-0.25, -0.2) is 0 Å². The molecule has 21 heavy (non-hydrogen) atoms. The van der Waals surface area contributed by atoms with Gasteiger partial charge < -0.3 is 15.4 Å². The molecule has 6 nitrogen and oxygen atoms in total. The van der Waals surface area contributed by atoms with Gasteiger partial charge in [-0.05, 0) is 31.4 Å². The number of nitrogens with one attached hydrogen (secondary N) is 2. The summed E-state index contributed by atoms with van der Waals surface area (Å²) < 4.78 is 4.44. The zero-order valence-corrected chi connectivity index (χ0v) is 13.0. The number of carbonyl (C=O) groups excluding carboxylic acids is 3. The Morgan fingerprint density at radius 1 is 1.33 bits per heavy atom. The predicted octanol–water partition coefficient (Wildman–Crippen LogP) is 1.28. The fourth-order valence-corrected chi connectivity index (χ4v) is 1.69. The van der Waals surface area contributed by atoms with E-state index in [-0.39, 0.29) is 17.7 Å². The third-order valence-electron chi connectivity index (χ3n) is 2.74. The van der Waals surface area contributed by atoms with Crippen LogP contribution in [0.4, 0.5) is 5.69 Å². The highest BCUT2D eigenvalue weighted by atomic mass is 32.2. The summed E-state index contributed by atoms with van der Waals surface area (Å²) >= 11 is 1.43. The minimum absolute atomic E-state index is 0.130. The average Bonchev–Trinajstić information content (AvgIpc) is 2.51. The lowest BCUT2D eigenvalue weighted by molar-refractivity contribution is -0.139. The minimum atomic E-state index is -0.526. The van der Waals surface area contributed by atoms with Gasteiger partial charge in [-0.3, -0.25) is 14.4 Å². The summed E-state index contributed by atoms with van der Waals surface area (Å²) in [4.78, 5) is 34.6. The highest BCUT2D eigenvalue weighted by molar-refractivity contribution is 7.99. The van der Waals surface area contributed by atoms with Crippen molar-refractivity contribution >= 4 is 35.2 Å². The second-order valence-electron chi connectivity index (χ2n) is 4.21. The second kappa shape index (κ2) is 8.31. The summed E-state index contributed by atoms with van der Waals surface area (Å²) in [5.74, 6) is -1.06. The van der Waals surface area contributed by atoms with Crippen LogP contribution in [0.2, 0.25) is 0 Å². The fourth-order valence-electron chi connectivity index (χ4n) is 1.42. The number of carbonyl (C=O) groups is 3. The molecule has 1 atom stereocenters. The van der Waals surface area contributed by atoms with Crippen LogP contribution in [0.25, 0.3) is 0 Å². The van der Waals surface area contributed by atoms with Crippen LogP contribution in [0.5, 0.6) is 0 Å².